The van der Waals surface area contributed by atoms with Gasteiger partial charge < -0.3 is 0 Å². The van der Waals surface area contributed by atoms with Crippen LogP contribution in [0.3, 0.4) is 0 Å². The third kappa shape index (κ3) is 1.59. The first-order chi connectivity index (χ1) is 5.36. The van der Waals surface area contributed by atoms with E-state index in [1.807, 2.05) is 31.2 Å². The van der Waals surface area contributed by atoms with Gasteiger partial charge in [0.2, 0.25) is 0 Å². The molecule has 59 valence electrons. The van der Waals surface area contributed by atoms with Crippen molar-refractivity contribution in [3.8, 4) is 0 Å². The van der Waals surface area contributed by atoms with Gasteiger partial charge in [-0.2, -0.15) is 0 Å². The fourth-order valence-corrected chi connectivity index (χ4v) is 1.05. The van der Waals surface area contributed by atoms with Crippen LogP contribution in [0.2, 0.25) is 0 Å². The summed E-state index contributed by atoms with van der Waals surface area (Å²) in [7, 11) is 0. The number of hydrogen-bond acceptors (Lipinski definition) is 2. The van der Waals surface area contributed by atoms with Crippen LogP contribution in [0.25, 0.3) is 11.0 Å². The van der Waals surface area contributed by atoms with E-state index in [9.17, 15) is 0 Å². The third-order valence-corrected chi connectivity index (χ3v) is 1.57. The minimum absolute atomic E-state index is 0. The number of nitrogens with zero attached hydrogens (tertiary/aromatic N) is 2. The van der Waals surface area contributed by atoms with Crippen LogP contribution in [0.15, 0.2) is 30.5 Å². The fourth-order valence-electron chi connectivity index (χ4n) is 1.05. The van der Waals surface area contributed by atoms with Gasteiger partial charge in [0.1, 0.15) is 0 Å². The Morgan fingerprint density at radius 3 is 2.50 bits per heavy atom. The molecule has 0 unspecified atom stereocenters. The van der Waals surface area contributed by atoms with E-state index in [1.54, 1.807) is 6.20 Å². The molecule has 3 heteroatoms. The van der Waals surface area contributed by atoms with Gasteiger partial charge in [0.05, 0.1) is 16.7 Å². The summed E-state index contributed by atoms with van der Waals surface area (Å²) in [6.45, 7) is 1.94. The maximum atomic E-state index is 4.31. The topological polar surface area (TPSA) is 25.8 Å². The second kappa shape index (κ2) is 3.59. The molecule has 2 rings (SSSR count). The van der Waals surface area contributed by atoms with E-state index in [0.717, 1.165) is 16.7 Å². The molecule has 0 N–H and O–H groups in total. The van der Waals surface area contributed by atoms with Crippen LogP contribution in [0.1, 0.15) is 5.69 Å². The van der Waals surface area contributed by atoms with Crippen molar-refractivity contribution in [2.45, 2.75) is 6.92 Å². The molecule has 0 fully saturated rings. The number of para-hydroxylation sites is 2. The molecule has 2 nitrogen and oxygen atoms in total. The van der Waals surface area contributed by atoms with E-state index in [0.29, 0.717) is 0 Å². The normalized spacial score (nSPS) is 9.42. The van der Waals surface area contributed by atoms with Crippen LogP contribution in [0, 0.1) is 6.92 Å². The molecule has 0 aliphatic heterocycles. The molecule has 0 spiro atoms. The smallest absolute Gasteiger partial charge is 0.0889 e. The lowest BCUT2D eigenvalue weighted by Gasteiger charge is -1.95. The van der Waals surface area contributed by atoms with Crippen LogP contribution in [-0.4, -0.2) is 9.97 Å². The second-order valence-corrected chi connectivity index (χ2v) is 2.50. The van der Waals surface area contributed by atoms with Gasteiger partial charge in [0, 0.05) is 16.1 Å². The summed E-state index contributed by atoms with van der Waals surface area (Å²) in [4.78, 5) is 8.53. The zero-order chi connectivity index (χ0) is 7.68. The maximum absolute atomic E-state index is 4.31. The van der Waals surface area contributed by atoms with Crippen LogP contribution in [0.5, 0.6) is 0 Å². The molecule has 0 saturated carbocycles. The lowest BCUT2D eigenvalue weighted by atomic mass is 10.3. The first kappa shape index (κ1) is 9.08. The van der Waals surface area contributed by atoms with Gasteiger partial charge >= 0.3 is 0 Å². The molecule has 0 bridgehead atoms. The van der Waals surface area contributed by atoms with E-state index in [1.165, 1.54) is 0 Å². The van der Waals surface area contributed by atoms with E-state index in [-0.39, 0.29) is 9.90 Å². The standard InChI is InChI=1S/C9H8N2.P/c1-7-6-10-8-4-2-3-5-9(8)11-7;/h2-6H,1H3;. The highest BCUT2D eigenvalue weighted by molar-refractivity contribution is 6.92. The van der Waals surface area contributed by atoms with Crippen molar-refractivity contribution in [1.29, 1.82) is 0 Å². The Balaban J connectivity index is 0.000000720. The minimum Gasteiger partial charge on any atom is -0.253 e. The van der Waals surface area contributed by atoms with Crippen molar-refractivity contribution in [2.24, 2.45) is 0 Å². The Morgan fingerprint density at radius 1 is 1.08 bits per heavy atom. The zero-order valence-corrected chi connectivity index (χ0v) is 7.62. The van der Waals surface area contributed by atoms with Crippen LogP contribution >= 0.6 is 9.90 Å². The van der Waals surface area contributed by atoms with E-state index in [4.69, 9.17) is 0 Å². The number of benzene rings is 1. The monoisotopic (exact) mass is 175 g/mol. The highest BCUT2D eigenvalue weighted by Gasteiger charge is 1.92. The van der Waals surface area contributed by atoms with Gasteiger partial charge in [0.15, 0.2) is 0 Å². The van der Waals surface area contributed by atoms with Crippen molar-refractivity contribution in [2.75, 3.05) is 0 Å². The fraction of sp³-hybridized carbons (Fsp3) is 0.111. The molecule has 1 aromatic carbocycles. The summed E-state index contributed by atoms with van der Waals surface area (Å²) < 4.78 is 0. The molecular formula is C9H8N2P. The average molecular weight is 175 g/mol. The van der Waals surface area contributed by atoms with Gasteiger partial charge in [-0.25, -0.2) is 4.98 Å². The maximum Gasteiger partial charge on any atom is 0.0889 e. The summed E-state index contributed by atoms with van der Waals surface area (Å²) >= 11 is 0. The Kier molecular flexibility index (Phi) is 2.72. The summed E-state index contributed by atoms with van der Waals surface area (Å²) in [6, 6.07) is 7.86. The van der Waals surface area contributed by atoms with Gasteiger partial charge in [-0.15, -0.1) is 0 Å². The SMILES string of the molecule is Cc1cnc2ccccc2n1.[P]. The van der Waals surface area contributed by atoms with Crippen LogP contribution in [0.4, 0.5) is 0 Å². The molecule has 0 atom stereocenters. The minimum atomic E-state index is 0. The largest absolute Gasteiger partial charge is 0.253 e. The number of rotatable bonds is 0. The van der Waals surface area contributed by atoms with Gasteiger partial charge in [0.25, 0.3) is 0 Å². The predicted molar refractivity (Wildman–Crippen MR) is 51.2 cm³/mol. The summed E-state index contributed by atoms with van der Waals surface area (Å²) in [6.07, 6.45) is 1.78. The molecule has 0 aliphatic rings. The highest BCUT2D eigenvalue weighted by Crippen LogP contribution is 2.06. The Morgan fingerprint density at radius 2 is 1.75 bits per heavy atom. The third-order valence-electron chi connectivity index (χ3n) is 1.57. The molecule has 12 heavy (non-hydrogen) atoms. The van der Waals surface area contributed by atoms with Crippen molar-refractivity contribution in [3.05, 3.63) is 36.2 Å². The van der Waals surface area contributed by atoms with Gasteiger partial charge in [-0.1, -0.05) is 12.1 Å². The van der Waals surface area contributed by atoms with Crippen molar-refractivity contribution >= 4 is 20.9 Å². The molecule has 1 aromatic heterocycles. The van der Waals surface area contributed by atoms with E-state index < -0.39 is 0 Å². The summed E-state index contributed by atoms with van der Waals surface area (Å²) in [5.41, 5.74) is 2.88. The lowest BCUT2D eigenvalue weighted by molar-refractivity contribution is 1.19. The molecule has 1 heterocycles. The lowest BCUT2D eigenvalue weighted by Crippen LogP contribution is -1.85. The zero-order valence-electron chi connectivity index (χ0n) is 6.73. The van der Waals surface area contributed by atoms with Crippen molar-refractivity contribution in [1.82, 2.24) is 9.97 Å². The number of fused-ring (bicyclic) bond motifs is 1. The van der Waals surface area contributed by atoms with Gasteiger partial charge in [-0.3, -0.25) is 4.98 Å². The molecular weight excluding hydrogens is 167 g/mol. The predicted octanol–water partition coefficient (Wildman–Crippen LogP) is 2.80. The summed E-state index contributed by atoms with van der Waals surface area (Å²) in [5, 5.41) is 0. The van der Waals surface area contributed by atoms with E-state index in [2.05, 4.69) is 9.97 Å². The Bertz CT molecular complexity index is 387. The second-order valence-electron chi connectivity index (χ2n) is 2.50. The number of hydrogen-bond donors (Lipinski definition) is 0. The molecule has 0 amide bonds. The van der Waals surface area contributed by atoms with Crippen LogP contribution in [-0.2, 0) is 0 Å². The molecule has 2 aromatic rings. The van der Waals surface area contributed by atoms with E-state index >= 15 is 0 Å². The van der Waals surface area contributed by atoms with Crippen LogP contribution < -0.4 is 0 Å². The number of aryl methyl sites for hydroxylation is 1. The van der Waals surface area contributed by atoms with Crippen molar-refractivity contribution in [3.63, 3.8) is 0 Å². The summed E-state index contributed by atoms with van der Waals surface area (Å²) in [5.74, 6) is 0. The molecule has 0 saturated heterocycles. The van der Waals surface area contributed by atoms with Crippen molar-refractivity contribution < 1.29 is 0 Å². The quantitative estimate of drug-likeness (QED) is 0.575. The average Bonchev–Trinajstić information content (AvgIpc) is 2.04. The Hall–Kier alpha value is -1.01. The molecule has 0 aliphatic carbocycles. The molecule has 3 radical (unpaired) electrons. The highest BCUT2D eigenvalue weighted by atomic mass is 31.0. The first-order valence-electron chi connectivity index (χ1n) is 3.55. The van der Waals surface area contributed by atoms with Gasteiger partial charge in [-0.05, 0) is 19.1 Å². The number of aromatic nitrogens is 2. The first-order valence-corrected chi connectivity index (χ1v) is 3.55. The Labute approximate surface area is 74.7 Å².